The predicted molar refractivity (Wildman–Crippen MR) is 51.2 cm³/mol. The van der Waals surface area contributed by atoms with Crippen LogP contribution >= 0.6 is 0 Å². The van der Waals surface area contributed by atoms with Gasteiger partial charge >= 0.3 is 0 Å². The van der Waals surface area contributed by atoms with Crippen LogP contribution in [0.1, 0.15) is 5.69 Å². The van der Waals surface area contributed by atoms with E-state index in [9.17, 15) is 8.78 Å². The third-order valence-electron chi connectivity index (χ3n) is 2.18. The summed E-state index contributed by atoms with van der Waals surface area (Å²) in [6.45, 7) is -0.681. The Kier molecular flexibility index (Phi) is 2.00. The molecule has 0 aliphatic rings. The SMILES string of the molecule is NCC(F)(F)c1cc2ccccc2[nH]1. The Morgan fingerprint density at radius 2 is 2.00 bits per heavy atom. The minimum Gasteiger partial charge on any atom is -0.353 e. The normalized spacial score (nSPS) is 12.2. The summed E-state index contributed by atoms with van der Waals surface area (Å²) in [4.78, 5) is 2.66. The van der Waals surface area contributed by atoms with E-state index in [4.69, 9.17) is 5.73 Å². The number of para-hydroxylation sites is 1. The molecule has 2 rings (SSSR count). The van der Waals surface area contributed by atoms with Crippen LogP contribution in [-0.4, -0.2) is 11.5 Å². The third-order valence-corrected chi connectivity index (χ3v) is 2.18. The lowest BCUT2D eigenvalue weighted by atomic mass is 10.2. The van der Waals surface area contributed by atoms with E-state index in [1.165, 1.54) is 6.07 Å². The summed E-state index contributed by atoms with van der Waals surface area (Å²) in [5, 5.41) is 0.774. The van der Waals surface area contributed by atoms with Crippen molar-refractivity contribution in [2.45, 2.75) is 5.92 Å². The molecule has 0 fully saturated rings. The van der Waals surface area contributed by atoms with Crippen molar-refractivity contribution < 1.29 is 8.78 Å². The van der Waals surface area contributed by atoms with Gasteiger partial charge in [-0.3, -0.25) is 0 Å². The lowest BCUT2D eigenvalue weighted by Gasteiger charge is -2.10. The molecule has 0 aliphatic heterocycles. The van der Waals surface area contributed by atoms with E-state index in [0.29, 0.717) is 5.52 Å². The highest BCUT2D eigenvalue weighted by atomic mass is 19.3. The fourth-order valence-corrected chi connectivity index (χ4v) is 1.38. The Hall–Kier alpha value is -1.42. The highest BCUT2D eigenvalue weighted by Crippen LogP contribution is 2.28. The number of nitrogens with two attached hydrogens (primary N) is 1. The number of nitrogens with one attached hydrogen (secondary N) is 1. The zero-order valence-electron chi connectivity index (χ0n) is 7.43. The van der Waals surface area contributed by atoms with Crippen LogP contribution in [0.3, 0.4) is 0 Å². The van der Waals surface area contributed by atoms with E-state index in [2.05, 4.69) is 4.98 Å². The number of rotatable bonds is 2. The number of hydrogen-bond acceptors (Lipinski definition) is 1. The Morgan fingerprint density at radius 3 is 2.64 bits per heavy atom. The zero-order valence-corrected chi connectivity index (χ0v) is 7.43. The summed E-state index contributed by atoms with van der Waals surface area (Å²) in [7, 11) is 0. The van der Waals surface area contributed by atoms with E-state index < -0.39 is 12.5 Å². The first-order chi connectivity index (χ1) is 6.63. The number of benzene rings is 1. The molecule has 2 nitrogen and oxygen atoms in total. The summed E-state index contributed by atoms with van der Waals surface area (Å²) in [6.07, 6.45) is 0. The van der Waals surface area contributed by atoms with Crippen LogP contribution in [0.5, 0.6) is 0 Å². The average Bonchev–Trinajstić information content (AvgIpc) is 2.61. The minimum absolute atomic E-state index is 0.124. The number of fused-ring (bicyclic) bond motifs is 1. The summed E-state index contributed by atoms with van der Waals surface area (Å²) in [5.74, 6) is -2.97. The van der Waals surface area contributed by atoms with E-state index in [0.717, 1.165) is 5.39 Å². The monoisotopic (exact) mass is 196 g/mol. The molecule has 4 heteroatoms. The Labute approximate surface area is 79.7 Å². The van der Waals surface area contributed by atoms with Crippen LogP contribution in [0.4, 0.5) is 8.78 Å². The van der Waals surface area contributed by atoms with Crippen LogP contribution in [0.2, 0.25) is 0 Å². The van der Waals surface area contributed by atoms with Gasteiger partial charge in [-0.2, -0.15) is 8.78 Å². The molecular weight excluding hydrogens is 186 g/mol. The number of alkyl halides is 2. The molecule has 74 valence electrons. The molecule has 0 saturated carbocycles. The number of aromatic amines is 1. The van der Waals surface area contributed by atoms with Gasteiger partial charge in [0.05, 0.1) is 12.2 Å². The largest absolute Gasteiger partial charge is 0.353 e. The molecule has 0 aliphatic carbocycles. The molecule has 0 unspecified atom stereocenters. The van der Waals surface area contributed by atoms with Crippen LogP contribution in [-0.2, 0) is 5.92 Å². The van der Waals surface area contributed by atoms with Crippen molar-refractivity contribution in [3.63, 3.8) is 0 Å². The lowest BCUT2D eigenvalue weighted by molar-refractivity contribution is 0.00213. The van der Waals surface area contributed by atoms with Gasteiger partial charge in [0.2, 0.25) is 0 Å². The van der Waals surface area contributed by atoms with Gasteiger partial charge in [-0.05, 0) is 17.5 Å². The van der Waals surface area contributed by atoms with Crippen LogP contribution in [0, 0.1) is 0 Å². The molecule has 0 atom stereocenters. The second-order valence-corrected chi connectivity index (χ2v) is 3.18. The molecule has 0 radical (unpaired) electrons. The van der Waals surface area contributed by atoms with E-state index in [-0.39, 0.29) is 5.69 Å². The highest BCUT2D eigenvalue weighted by Gasteiger charge is 2.31. The second kappa shape index (κ2) is 3.06. The molecule has 0 bridgehead atoms. The highest BCUT2D eigenvalue weighted by molar-refractivity contribution is 5.80. The first-order valence-corrected chi connectivity index (χ1v) is 4.29. The van der Waals surface area contributed by atoms with Gasteiger partial charge < -0.3 is 10.7 Å². The Balaban J connectivity index is 2.55. The van der Waals surface area contributed by atoms with Gasteiger partial charge in [-0.1, -0.05) is 18.2 Å². The van der Waals surface area contributed by atoms with Gasteiger partial charge in [0.15, 0.2) is 0 Å². The molecule has 3 N–H and O–H groups in total. The molecule has 1 aromatic carbocycles. The van der Waals surface area contributed by atoms with Crippen molar-refractivity contribution in [2.75, 3.05) is 6.54 Å². The molecule has 1 aromatic heterocycles. The molecule has 1 heterocycles. The van der Waals surface area contributed by atoms with Crippen molar-refractivity contribution in [1.29, 1.82) is 0 Å². The summed E-state index contributed by atoms with van der Waals surface area (Å²) in [5.41, 5.74) is 5.57. The van der Waals surface area contributed by atoms with Crippen LogP contribution < -0.4 is 5.73 Å². The molecule has 2 aromatic rings. The Bertz CT molecular complexity index is 415. The second-order valence-electron chi connectivity index (χ2n) is 3.18. The van der Waals surface area contributed by atoms with Gasteiger partial charge in [0.1, 0.15) is 0 Å². The maximum absolute atomic E-state index is 13.2. The van der Waals surface area contributed by atoms with Gasteiger partial charge in [-0.25, -0.2) is 0 Å². The smallest absolute Gasteiger partial charge is 0.299 e. The van der Waals surface area contributed by atoms with Gasteiger partial charge in [0, 0.05) is 5.52 Å². The first kappa shape index (κ1) is 9.15. The van der Waals surface area contributed by atoms with Gasteiger partial charge in [-0.15, -0.1) is 0 Å². The Morgan fingerprint density at radius 1 is 1.29 bits per heavy atom. The third kappa shape index (κ3) is 1.37. The molecule has 0 amide bonds. The lowest BCUT2D eigenvalue weighted by Crippen LogP contribution is -2.25. The van der Waals surface area contributed by atoms with Gasteiger partial charge in [0.25, 0.3) is 5.92 Å². The standard InChI is InChI=1S/C10H10F2N2/c11-10(12,6-13)9-5-7-3-1-2-4-8(7)14-9/h1-5,14H,6,13H2. The van der Waals surface area contributed by atoms with Crippen molar-refractivity contribution in [3.05, 3.63) is 36.0 Å². The average molecular weight is 196 g/mol. The quantitative estimate of drug-likeness (QED) is 0.759. The summed E-state index contributed by atoms with van der Waals surface area (Å²) >= 11 is 0. The van der Waals surface area contributed by atoms with Crippen molar-refractivity contribution in [1.82, 2.24) is 4.98 Å². The van der Waals surface area contributed by atoms with E-state index in [1.807, 2.05) is 0 Å². The first-order valence-electron chi connectivity index (χ1n) is 4.29. The number of aromatic nitrogens is 1. The molecule has 0 spiro atoms. The van der Waals surface area contributed by atoms with Crippen LogP contribution in [0.25, 0.3) is 10.9 Å². The topological polar surface area (TPSA) is 41.8 Å². The fourth-order valence-electron chi connectivity index (χ4n) is 1.38. The summed E-state index contributed by atoms with van der Waals surface area (Å²) in [6, 6.07) is 8.57. The van der Waals surface area contributed by atoms with E-state index >= 15 is 0 Å². The van der Waals surface area contributed by atoms with Crippen molar-refractivity contribution >= 4 is 10.9 Å². The molecule has 0 saturated heterocycles. The minimum atomic E-state index is -2.97. The van der Waals surface area contributed by atoms with E-state index in [1.54, 1.807) is 24.3 Å². The van der Waals surface area contributed by atoms with Crippen LogP contribution in [0.15, 0.2) is 30.3 Å². The molecular formula is C10H10F2N2. The van der Waals surface area contributed by atoms with Crippen molar-refractivity contribution in [3.8, 4) is 0 Å². The number of H-pyrrole nitrogens is 1. The maximum atomic E-state index is 13.2. The fraction of sp³-hybridized carbons (Fsp3) is 0.200. The molecule has 14 heavy (non-hydrogen) atoms. The number of hydrogen-bond donors (Lipinski definition) is 2. The maximum Gasteiger partial charge on any atom is 0.299 e. The number of halogens is 2. The predicted octanol–water partition coefficient (Wildman–Crippen LogP) is 2.22. The zero-order chi connectivity index (χ0) is 10.2. The van der Waals surface area contributed by atoms with Crippen molar-refractivity contribution in [2.24, 2.45) is 5.73 Å². The summed E-state index contributed by atoms with van der Waals surface area (Å²) < 4.78 is 26.3.